The van der Waals surface area contributed by atoms with E-state index in [1.54, 1.807) is 12.1 Å². The lowest BCUT2D eigenvalue weighted by molar-refractivity contribution is 0.282. The molecule has 3 nitrogen and oxygen atoms in total. The number of benzene rings is 3. The first kappa shape index (κ1) is 16.4. The number of sulfone groups is 1. The van der Waals surface area contributed by atoms with Gasteiger partial charge in [-0.2, -0.15) is 0 Å². The highest BCUT2D eigenvalue weighted by molar-refractivity contribution is 7.90. The average molecular weight is 338 g/mol. The van der Waals surface area contributed by atoms with Crippen molar-refractivity contribution in [1.82, 2.24) is 0 Å². The molecule has 0 spiro atoms. The summed E-state index contributed by atoms with van der Waals surface area (Å²) in [5.41, 5.74) is 4.98. The Morgan fingerprint density at radius 2 is 1.21 bits per heavy atom. The molecule has 0 radical (unpaired) electrons. The summed E-state index contributed by atoms with van der Waals surface area (Å²) in [7, 11) is -3.20. The van der Waals surface area contributed by atoms with Crippen molar-refractivity contribution in [1.29, 1.82) is 0 Å². The fraction of sp³-hybridized carbons (Fsp3) is 0.100. The van der Waals surface area contributed by atoms with Gasteiger partial charge in [-0.25, -0.2) is 8.42 Å². The third-order valence-corrected chi connectivity index (χ3v) is 5.10. The minimum Gasteiger partial charge on any atom is -0.392 e. The lowest BCUT2D eigenvalue weighted by atomic mass is 9.94. The van der Waals surface area contributed by atoms with Crippen LogP contribution in [0.15, 0.2) is 77.7 Å². The highest BCUT2D eigenvalue weighted by Crippen LogP contribution is 2.32. The van der Waals surface area contributed by atoms with Gasteiger partial charge in [0.15, 0.2) is 9.84 Å². The second-order valence-corrected chi connectivity index (χ2v) is 7.71. The molecule has 0 saturated heterocycles. The van der Waals surface area contributed by atoms with Crippen molar-refractivity contribution in [2.45, 2.75) is 11.5 Å². The van der Waals surface area contributed by atoms with Gasteiger partial charge in [0.2, 0.25) is 0 Å². The predicted octanol–water partition coefficient (Wildman–Crippen LogP) is 3.92. The van der Waals surface area contributed by atoms with Gasteiger partial charge < -0.3 is 5.11 Å². The molecule has 3 rings (SSSR count). The molecule has 0 bridgehead atoms. The van der Waals surface area contributed by atoms with Gasteiger partial charge >= 0.3 is 0 Å². The van der Waals surface area contributed by atoms with E-state index < -0.39 is 9.84 Å². The van der Waals surface area contributed by atoms with E-state index in [2.05, 4.69) is 0 Å². The highest BCUT2D eigenvalue weighted by atomic mass is 32.2. The molecule has 0 unspecified atom stereocenters. The summed E-state index contributed by atoms with van der Waals surface area (Å²) in [5.74, 6) is 0. The van der Waals surface area contributed by atoms with E-state index >= 15 is 0 Å². The van der Waals surface area contributed by atoms with Crippen LogP contribution in [-0.4, -0.2) is 19.8 Å². The summed E-state index contributed by atoms with van der Waals surface area (Å²) in [6, 6.07) is 22.7. The second-order valence-electron chi connectivity index (χ2n) is 5.70. The van der Waals surface area contributed by atoms with Crippen molar-refractivity contribution in [2.75, 3.05) is 6.26 Å². The fourth-order valence-corrected chi connectivity index (χ4v) is 3.29. The lowest BCUT2D eigenvalue weighted by Gasteiger charge is -2.11. The minimum atomic E-state index is -3.20. The van der Waals surface area contributed by atoms with Gasteiger partial charge in [-0.05, 0) is 39.9 Å². The molecule has 1 N–H and O–H groups in total. The summed E-state index contributed by atoms with van der Waals surface area (Å²) in [5, 5.41) is 9.17. The van der Waals surface area contributed by atoms with E-state index in [1.165, 1.54) is 6.26 Å². The summed E-state index contributed by atoms with van der Waals surface area (Å²) in [4.78, 5) is 0.316. The van der Waals surface area contributed by atoms with Gasteiger partial charge in [-0.1, -0.05) is 60.7 Å². The Labute approximate surface area is 142 Å². The molecule has 122 valence electrons. The second kappa shape index (κ2) is 6.59. The van der Waals surface area contributed by atoms with Gasteiger partial charge in [0, 0.05) is 6.26 Å². The van der Waals surface area contributed by atoms with Gasteiger partial charge in [0.05, 0.1) is 11.5 Å². The standard InChI is InChI=1S/C20H18O3S/c1-24(22,23)18-12-10-17(11-13-18)20-5-3-2-4-19(20)16-8-6-15(14-21)7-9-16/h2-13,21H,14H2,1H3. The molecule has 24 heavy (non-hydrogen) atoms. The SMILES string of the molecule is CS(=O)(=O)c1ccc(-c2ccccc2-c2ccc(CO)cc2)cc1. The maximum atomic E-state index is 11.6. The van der Waals surface area contributed by atoms with Crippen molar-refractivity contribution in [3.05, 3.63) is 78.4 Å². The number of aliphatic hydroxyl groups is 1. The number of aliphatic hydroxyl groups excluding tert-OH is 1. The van der Waals surface area contributed by atoms with Gasteiger partial charge in [0.25, 0.3) is 0 Å². The molecule has 3 aromatic rings. The minimum absolute atomic E-state index is 0.0227. The van der Waals surface area contributed by atoms with Gasteiger partial charge in [0.1, 0.15) is 0 Å². The highest BCUT2D eigenvalue weighted by Gasteiger charge is 2.10. The van der Waals surface area contributed by atoms with Crippen molar-refractivity contribution < 1.29 is 13.5 Å². The Bertz CT molecular complexity index is 941. The zero-order chi connectivity index (χ0) is 17.2. The quantitative estimate of drug-likeness (QED) is 0.784. The maximum absolute atomic E-state index is 11.6. The van der Waals surface area contributed by atoms with Crippen LogP contribution in [0.2, 0.25) is 0 Å². The summed E-state index contributed by atoms with van der Waals surface area (Å²) < 4.78 is 23.2. The number of hydrogen-bond donors (Lipinski definition) is 1. The molecule has 0 aromatic heterocycles. The van der Waals surface area contributed by atoms with Crippen LogP contribution in [0.5, 0.6) is 0 Å². The molecule has 0 amide bonds. The van der Waals surface area contributed by atoms with Crippen LogP contribution in [0.25, 0.3) is 22.3 Å². The first-order valence-electron chi connectivity index (χ1n) is 7.59. The largest absolute Gasteiger partial charge is 0.392 e. The molecule has 4 heteroatoms. The Kier molecular flexibility index (Phi) is 4.51. The van der Waals surface area contributed by atoms with E-state index in [9.17, 15) is 13.5 Å². The predicted molar refractivity (Wildman–Crippen MR) is 96.3 cm³/mol. The van der Waals surface area contributed by atoms with Crippen LogP contribution < -0.4 is 0 Å². The summed E-state index contributed by atoms with van der Waals surface area (Å²) >= 11 is 0. The first-order valence-corrected chi connectivity index (χ1v) is 9.48. The normalized spacial score (nSPS) is 11.4. The van der Waals surface area contributed by atoms with E-state index in [1.807, 2.05) is 60.7 Å². The van der Waals surface area contributed by atoms with Crippen molar-refractivity contribution in [2.24, 2.45) is 0 Å². The van der Waals surface area contributed by atoms with Crippen LogP contribution in [0, 0.1) is 0 Å². The summed E-state index contributed by atoms with van der Waals surface area (Å²) in [6.45, 7) is 0.0227. The monoisotopic (exact) mass is 338 g/mol. The zero-order valence-corrected chi connectivity index (χ0v) is 14.1. The fourth-order valence-electron chi connectivity index (χ4n) is 2.66. The van der Waals surface area contributed by atoms with E-state index in [-0.39, 0.29) is 6.61 Å². The van der Waals surface area contributed by atoms with Crippen molar-refractivity contribution >= 4 is 9.84 Å². The molecule has 0 atom stereocenters. The van der Waals surface area contributed by atoms with Crippen molar-refractivity contribution in [3.8, 4) is 22.3 Å². The van der Waals surface area contributed by atoms with Crippen LogP contribution in [-0.2, 0) is 16.4 Å². The van der Waals surface area contributed by atoms with Crippen LogP contribution in [0.3, 0.4) is 0 Å². The summed E-state index contributed by atoms with van der Waals surface area (Å²) in [6.07, 6.45) is 1.21. The van der Waals surface area contributed by atoms with Crippen LogP contribution in [0.1, 0.15) is 5.56 Å². The number of hydrogen-bond acceptors (Lipinski definition) is 3. The van der Waals surface area contributed by atoms with Crippen LogP contribution in [0.4, 0.5) is 0 Å². The smallest absolute Gasteiger partial charge is 0.175 e. The Morgan fingerprint density at radius 3 is 1.62 bits per heavy atom. The lowest BCUT2D eigenvalue weighted by Crippen LogP contribution is -1.96. The van der Waals surface area contributed by atoms with Crippen molar-refractivity contribution in [3.63, 3.8) is 0 Å². The molecule has 3 aromatic carbocycles. The molecular formula is C20H18O3S. The van der Waals surface area contributed by atoms with E-state index in [0.29, 0.717) is 4.90 Å². The molecular weight excluding hydrogens is 320 g/mol. The van der Waals surface area contributed by atoms with Gasteiger partial charge in [-0.3, -0.25) is 0 Å². The zero-order valence-electron chi connectivity index (χ0n) is 13.3. The molecule has 0 heterocycles. The van der Waals surface area contributed by atoms with Gasteiger partial charge in [-0.15, -0.1) is 0 Å². The Balaban J connectivity index is 2.06. The molecule has 0 saturated carbocycles. The van der Waals surface area contributed by atoms with Crippen LogP contribution >= 0.6 is 0 Å². The molecule has 0 aliphatic heterocycles. The topological polar surface area (TPSA) is 54.4 Å². The molecule has 0 aliphatic rings. The van der Waals surface area contributed by atoms with E-state index in [4.69, 9.17) is 0 Å². The number of rotatable bonds is 4. The first-order chi connectivity index (χ1) is 11.5. The maximum Gasteiger partial charge on any atom is 0.175 e. The molecule has 0 fully saturated rings. The third kappa shape index (κ3) is 3.40. The Morgan fingerprint density at radius 1 is 0.750 bits per heavy atom. The average Bonchev–Trinajstić information content (AvgIpc) is 2.61. The third-order valence-electron chi connectivity index (χ3n) is 3.97. The van der Waals surface area contributed by atoms with E-state index in [0.717, 1.165) is 27.8 Å². The molecule has 0 aliphatic carbocycles. The Hall–Kier alpha value is -2.43.